The summed E-state index contributed by atoms with van der Waals surface area (Å²) in [5.41, 5.74) is 1.11. The molecule has 1 atom stereocenters. The predicted octanol–water partition coefficient (Wildman–Crippen LogP) is 2.87. The fourth-order valence-electron chi connectivity index (χ4n) is 1.88. The van der Waals surface area contributed by atoms with Crippen LogP contribution in [0, 0.1) is 13.8 Å². The Labute approximate surface area is 106 Å². The van der Waals surface area contributed by atoms with E-state index >= 15 is 0 Å². The second kappa shape index (κ2) is 5.08. The van der Waals surface area contributed by atoms with Crippen LogP contribution in [0.3, 0.4) is 0 Å². The average molecular weight is 247 g/mol. The number of hydrogen-bond acceptors (Lipinski definition) is 5. The third-order valence-corrected chi connectivity index (χ3v) is 2.73. The van der Waals surface area contributed by atoms with Crippen LogP contribution < -0.4 is 10.1 Å². The molecule has 5 heteroatoms. The zero-order valence-corrected chi connectivity index (χ0v) is 11.0. The summed E-state index contributed by atoms with van der Waals surface area (Å²) in [6.45, 7) is 5.93. The van der Waals surface area contributed by atoms with Gasteiger partial charge in [0.25, 0.3) is 0 Å². The molecule has 2 rings (SSSR count). The molecule has 2 aromatic heterocycles. The van der Waals surface area contributed by atoms with Crippen LogP contribution in [0.4, 0.5) is 5.95 Å². The van der Waals surface area contributed by atoms with Crippen molar-refractivity contribution in [3.8, 4) is 5.88 Å². The first-order valence-corrected chi connectivity index (χ1v) is 5.80. The van der Waals surface area contributed by atoms with E-state index in [0.29, 0.717) is 11.8 Å². The molecule has 96 valence electrons. The zero-order valence-electron chi connectivity index (χ0n) is 11.0. The maximum absolute atomic E-state index is 5.51. The number of aromatic nitrogens is 2. The molecule has 0 aromatic carbocycles. The van der Waals surface area contributed by atoms with Gasteiger partial charge in [0.1, 0.15) is 11.5 Å². The lowest BCUT2D eigenvalue weighted by atomic mass is 10.1. The maximum atomic E-state index is 5.51. The van der Waals surface area contributed by atoms with Crippen LogP contribution in [0.15, 0.2) is 22.7 Å². The molecule has 0 aliphatic carbocycles. The minimum atomic E-state index is 0.0783. The molecule has 0 fully saturated rings. The Morgan fingerprint density at radius 2 is 2.17 bits per heavy atom. The summed E-state index contributed by atoms with van der Waals surface area (Å²) in [6.07, 6.45) is 1.66. The number of nitrogens with one attached hydrogen (secondary N) is 1. The Morgan fingerprint density at radius 3 is 2.78 bits per heavy atom. The van der Waals surface area contributed by atoms with E-state index in [0.717, 1.165) is 17.1 Å². The maximum Gasteiger partial charge on any atom is 0.226 e. The number of furan rings is 1. The van der Waals surface area contributed by atoms with Gasteiger partial charge in [0.05, 0.1) is 13.2 Å². The van der Waals surface area contributed by atoms with Crippen molar-refractivity contribution in [1.29, 1.82) is 0 Å². The highest BCUT2D eigenvalue weighted by molar-refractivity contribution is 5.34. The Hall–Kier alpha value is -2.04. The Kier molecular flexibility index (Phi) is 3.50. The molecular weight excluding hydrogens is 230 g/mol. The highest BCUT2D eigenvalue weighted by Gasteiger charge is 2.13. The SMILES string of the molecule is COc1ccnc(NC(C)c2cc(C)oc2C)n1. The molecule has 0 aliphatic rings. The van der Waals surface area contributed by atoms with Crippen molar-refractivity contribution in [3.05, 3.63) is 35.4 Å². The molecule has 0 saturated heterocycles. The van der Waals surface area contributed by atoms with Crippen molar-refractivity contribution in [2.45, 2.75) is 26.8 Å². The van der Waals surface area contributed by atoms with E-state index in [1.165, 1.54) is 0 Å². The molecule has 1 N–H and O–H groups in total. The van der Waals surface area contributed by atoms with Gasteiger partial charge in [-0.1, -0.05) is 0 Å². The van der Waals surface area contributed by atoms with E-state index in [1.54, 1.807) is 19.4 Å². The Balaban J connectivity index is 2.15. The molecular formula is C13H17N3O2. The van der Waals surface area contributed by atoms with Gasteiger partial charge < -0.3 is 14.5 Å². The van der Waals surface area contributed by atoms with E-state index in [4.69, 9.17) is 9.15 Å². The summed E-state index contributed by atoms with van der Waals surface area (Å²) >= 11 is 0. The molecule has 0 aliphatic heterocycles. The van der Waals surface area contributed by atoms with Crippen LogP contribution in [0.25, 0.3) is 0 Å². The van der Waals surface area contributed by atoms with Gasteiger partial charge in [-0.25, -0.2) is 4.98 Å². The molecule has 0 amide bonds. The highest BCUT2D eigenvalue weighted by Crippen LogP contribution is 2.23. The molecule has 2 aromatic rings. The van der Waals surface area contributed by atoms with Crippen molar-refractivity contribution in [2.75, 3.05) is 12.4 Å². The average Bonchev–Trinajstić information content (AvgIpc) is 2.69. The van der Waals surface area contributed by atoms with Gasteiger partial charge in [-0.05, 0) is 26.8 Å². The summed E-state index contributed by atoms with van der Waals surface area (Å²) in [5, 5.41) is 3.22. The fraction of sp³-hybridized carbons (Fsp3) is 0.385. The van der Waals surface area contributed by atoms with Crippen molar-refractivity contribution in [3.63, 3.8) is 0 Å². The molecule has 18 heavy (non-hydrogen) atoms. The fourth-order valence-corrected chi connectivity index (χ4v) is 1.88. The normalized spacial score (nSPS) is 12.2. The van der Waals surface area contributed by atoms with Crippen molar-refractivity contribution in [1.82, 2.24) is 9.97 Å². The molecule has 2 heterocycles. The molecule has 0 spiro atoms. The Morgan fingerprint density at radius 1 is 1.39 bits per heavy atom. The van der Waals surface area contributed by atoms with E-state index in [2.05, 4.69) is 15.3 Å². The second-order valence-corrected chi connectivity index (χ2v) is 4.16. The lowest BCUT2D eigenvalue weighted by molar-refractivity contribution is 0.397. The van der Waals surface area contributed by atoms with Crippen LogP contribution >= 0.6 is 0 Å². The first kappa shape index (κ1) is 12.4. The standard InChI is InChI=1S/C13H17N3O2/c1-8-7-11(10(3)18-8)9(2)15-13-14-6-5-12(16-13)17-4/h5-7,9H,1-4H3,(H,14,15,16). The van der Waals surface area contributed by atoms with Crippen LogP contribution in [0.2, 0.25) is 0 Å². The van der Waals surface area contributed by atoms with Gasteiger partial charge in [-0.3, -0.25) is 0 Å². The number of rotatable bonds is 4. The van der Waals surface area contributed by atoms with Gasteiger partial charge >= 0.3 is 0 Å². The number of anilines is 1. The molecule has 1 unspecified atom stereocenters. The van der Waals surface area contributed by atoms with E-state index in [9.17, 15) is 0 Å². The summed E-state index contributed by atoms with van der Waals surface area (Å²) in [6, 6.07) is 3.81. The van der Waals surface area contributed by atoms with Gasteiger partial charge in [-0.15, -0.1) is 0 Å². The third-order valence-electron chi connectivity index (χ3n) is 2.73. The summed E-state index contributed by atoms with van der Waals surface area (Å²) < 4.78 is 10.6. The summed E-state index contributed by atoms with van der Waals surface area (Å²) in [4.78, 5) is 8.37. The van der Waals surface area contributed by atoms with Crippen LogP contribution in [-0.4, -0.2) is 17.1 Å². The lowest BCUT2D eigenvalue weighted by Gasteiger charge is -2.13. The van der Waals surface area contributed by atoms with Gasteiger partial charge in [0.15, 0.2) is 0 Å². The first-order chi connectivity index (χ1) is 8.60. The topological polar surface area (TPSA) is 60.2 Å². The highest BCUT2D eigenvalue weighted by atomic mass is 16.5. The summed E-state index contributed by atoms with van der Waals surface area (Å²) in [5.74, 6) is 2.90. The van der Waals surface area contributed by atoms with E-state index in [1.807, 2.05) is 26.8 Å². The van der Waals surface area contributed by atoms with Crippen molar-refractivity contribution >= 4 is 5.95 Å². The Bertz CT molecular complexity index is 537. The molecule has 0 radical (unpaired) electrons. The largest absolute Gasteiger partial charge is 0.481 e. The van der Waals surface area contributed by atoms with Crippen molar-refractivity contribution < 1.29 is 9.15 Å². The quantitative estimate of drug-likeness (QED) is 0.900. The van der Waals surface area contributed by atoms with Gasteiger partial charge in [0, 0.05) is 17.8 Å². The van der Waals surface area contributed by atoms with Gasteiger partial charge in [0.2, 0.25) is 11.8 Å². The molecule has 0 saturated carbocycles. The monoisotopic (exact) mass is 247 g/mol. The van der Waals surface area contributed by atoms with E-state index in [-0.39, 0.29) is 6.04 Å². The minimum Gasteiger partial charge on any atom is -0.481 e. The number of methoxy groups -OCH3 is 1. The number of ether oxygens (including phenoxy) is 1. The predicted molar refractivity (Wildman–Crippen MR) is 68.8 cm³/mol. The van der Waals surface area contributed by atoms with Crippen LogP contribution in [0.1, 0.15) is 30.0 Å². The lowest BCUT2D eigenvalue weighted by Crippen LogP contribution is -2.09. The zero-order chi connectivity index (χ0) is 13.1. The van der Waals surface area contributed by atoms with Crippen LogP contribution in [-0.2, 0) is 0 Å². The number of nitrogens with zero attached hydrogens (tertiary/aromatic N) is 2. The van der Waals surface area contributed by atoms with Crippen molar-refractivity contribution in [2.24, 2.45) is 0 Å². The van der Waals surface area contributed by atoms with Gasteiger partial charge in [-0.2, -0.15) is 4.98 Å². The summed E-state index contributed by atoms with van der Waals surface area (Å²) in [7, 11) is 1.58. The third kappa shape index (κ3) is 2.61. The van der Waals surface area contributed by atoms with Crippen LogP contribution in [0.5, 0.6) is 5.88 Å². The second-order valence-electron chi connectivity index (χ2n) is 4.16. The first-order valence-electron chi connectivity index (χ1n) is 5.80. The number of aryl methyl sites for hydroxylation is 2. The molecule has 5 nitrogen and oxygen atoms in total. The molecule has 0 bridgehead atoms. The minimum absolute atomic E-state index is 0.0783. The smallest absolute Gasteiger partial charge is 0.226 e. The van der Waals surface area contributed by atoms with E-state index < -0.39 is 0 Å². The number of hydrogen-bond donors (Lipinski definition) is 1.